The molecule has 0 bridgehead atoms. The lowest BCUT2D eigenvalue weighted by Gasteiger charge is -2.17. The van der Waals surface area contributed by atoms with Gasteiger partial charge in [-0.1, -0.05) is 13.0 Å². The standard InChI is InChI=1S/C15H17F2NO/c1-2-7-18-15(11-6-8-19-10-11)9-12-13(16)4-3-5-14(12)17/h3-6,8,10,15,18H,2,7,9H2,1H3. The van der Waals surface area contributed by atoms with Crippen molar-refractivity contribution < 1.29 is 13.2 Å². The summed E-state index contributed by atoms with van der Waals surface area (Å²) in [6, 6.07) is 5.60. The van der Waals surface area contributed by atoms with Gasteiger partial charge in [0.1, 0.15) is 11.6 Å². The molecule has 0 spiro atoms. The van der Waals surface area contributed by atoms with E-state index >= 15 is 0 Å². The summed E-state index contributed by atoms with van der Waals surface area (Å²) in [5, 5.41) is 3.28. The Kier molecular flexibility index (Phi) is 4.68. The molecule has 4 heteroatoms. The zero-order valence-electron chi connectivity index (χ0n) is 10.8. The molecule has 0 aliphatic heterocycles. The van der Waals surface area contributed by atoms with E-state index < -0.39 is 11.6 Å². The van der Waals surface area contributed by atoms with Gasteiger partial charge in [0, 0.05) is 17.2 Å². The Balaban J connectivity index is 2.20. The monoisotopic (exact) mass is 265 g/mol. The Labute approximate surface area is 111 Å². The quantitative estimate of drug-likeness (QED) is 0.858. The van der Waals surface area contributed by atoms with Crippen LogP contribution in [0.5, 0.6) is 0 Å². The lowest BCUT2D eigenvalue weighted by molar-refractivity contribution is 0.483. The Morgan fingerprint density at radius 1 is 1.21 bits per heavy atom. The molecule has 1 atom stereocenters. The SMILES string of the molecule is CCCNC(Cc1c(F)cccc1F)c1ccoc1. The number of hydrogen-bond donors (Lipinski definition) is 1. The number of nitrogens with one attached hydrogen (secondary N) is 1. The predicted octanol–water partition coefficient (Wildman–Crippen LogP) is 3.84. The molecule has 1 N–H and O–H groups in total. The zero-order valence-corrected chi connectivity index (χ0v) is 10.8. The van der Waals surface area contributed by atoms with Gasteiger partial charge in [0.25, 0.3) is 0 Å². The normalized spacial score (nSPS) is 12.6. The predicted molar refractivity (Wildman–Crippen MR) is 69.8 cm³/mol. The molecule has 0 saturated carbocycles. The van der Waals surface area contributed by atoms with Crippen LogP contribution in [-0.2, 0) is 6.42 Å². The smallest absolute Gasteiger partial charge is 0.129 e. The van der Waals surface area contributed by atoms with Gasteiger partial charge in [-0.15, -0.1) is 0 Å². The maximum absolute atomic E-state index is 13.7. The average molecular weight is 265 g/mol. The minimum absolute atomic E-state index is 0.109. The van der Waals surface area contributed by atoms with Crippen molar-refractivity contribution in [2.75, 3.05) is 6.54 Å². The number of halogens is 2. The van der Waals surface area contributed by atoms with Crippen molar-refractivity contribution in [2.45, 2.75) is 25.8 Å². The van der Waals surface area contributed by atoms with Crippen molar-refractivity contribution >= 4 is 0 Å². The van der Waals surface area contributed by atoms with E-state index in [-0.39, 0.29) is 18.0 Å². The maximum atomic E-state index is 13.7. The molecular formula is C15H17F2NO. The van der Waals surface area contributed by atoms with Crippen molar-refractivity contribution in [1.29, 1.82) is 0 Å². The van der Waals surface area contributed by atoms with Gasteiger partial charge in [-0.3, -0.25) is 0 Å². The molecule has 0 aliphatic carbocycles. The van der Waals surface area contributed by atoms with Crippen LogP contribution in [0.2, 0.25) is 0 Å². The van der Waals surface area contributed by atoms with E-state index in [1.54, 1.807) is 12.5 Å². The van der Waals surface area contributed by atoms with Gasteiger partial charge in [-0.25, -0.2) is 8.78 Å². The Hall–Kier alpha value is -1.68. The molecule has 19 heavy (non-hydrogen) atoms. The number of furan rings is 1. The van der Waals surface area contributed by atoms with Crippen LogP contribution in [0.15, 0.2) is 41.2 Å². The van der Waals surface area contributed by atoms with Crippen LogP contribution in [-0.4, -0.2) is 6.54 Å². The van der Waals surface area contributed by atoms with Crippen LogP contribution in [0.25, 0.3) is 0 Å². The Morgan fingerprint density at radius 2 is 1.95 bits per heavy atom. The van der Waals surface area contributed by atoms with E-state index in [1.165, 1.54) is 18.2 Å². The fraction of sp³-hybridized carbons (Fsp3) is 0.333. The van der Waals surface area contributed by atoms with E-state index in [0.29, 0.717) is 0 Å². The molecule has 2 rings (SSSR count). The summed E-state index contributed by atoms with van der Waals surface area (Å²) in [7, 11) is 0. The summed E-state index contributed by atoms with van der Waals surface area (Å²) in [4.78, 5) is 0. The molecule has 0 saturated heterocycles. The lowest BCUT2D eigenvalue weighted by atomic mass is 10.00. The van der Waals surface area contributed by atoms with Crippen LogP contribution in [0.1, 0.15) is 30.5 Å². The number of benzene rings is 1. The van der Waals surface area contributed by atoms with Gasteiger partial charge in [-0.05, 0) is 37.6 Å². The van der Waals surface area contributed by atoms with Crippen molar-refractivity contribution in [3.8, 4) is 0 Å². The van der Waals surface area contributed by atoms with Gasteiger partial charge in [0.15, 0.2) is 0 Å². The molecule has 2 aromatic rings. The van der Waals surface area contributed by atoms with E-state index in [2.05, 4.69) is 5.32 Å². The van der Waals surface area contributed by atoms with Gasteiger partial charge in [-0.2, -0.15) is 0 Å². The first-order chi connectivity index (χ1) is 9.22. The molecule has 2 nitrogen and oxygen atoms in total. The summed E-state index contributed by atoms with van der Waals surface area (Å²) in [5.74, 6) is -1.02. The van der Waals surface area contributed by atoms with Gasteiger partial charge >= 0.3 is 0 Å². The minimum Gasteiger partial charge on any atom is -0.472 e. The summed E-state index contributed by atoms with van der Waals surface area (Å²) >= 11 is 0. The van der Waals surface area contributed by atoms with Crippen LogP contribution < -0.4 is 5.32 Å². The molecule has 102 valence electrons. The largest absolute Gasteiger partial charge is 0.472 e. The highest BCUT2D eigenvalue weighted by Gasteiger charge is 2.17. The van der Waals surface area contributed by atoms with E-state index in [9.17, 15) is 8.78 Å². The van der Waals surface area contributed by atoms with Crippen molar-refractivity contribution in [2.24, 2.45) is 0 Å². The Morgan fingerprint density at radius 3 is 2.53 bits per heavy atom. The molecule has 0 fully saturated rings. The van der Waals surface area contributed by atoms with Gasteiger partial charge in [0.2, 0.25) is 0 Å². The fourth-order valence-corrected chi connectivity index (χ4v) is 2.03. The van der Waals surface area contributed by atoms with Gasteiger partial charge in [0.05, 0.1) is 12.5 Å². The van der Waals surface area contributed by atoms with Crippen molar-refractivity contribution in [1.82, 2.24) is 5.32 Å². The van der Waals surface area contributed by atoms with Crippen LogP contribution in [0, 0.1) is 11.6 Å². The maximum Gasteiger partial charge on any atom is 0.129 e. The third-order valence-corrected chi connectivity index (χ3v) is 3.06. The van der Waals surface area contributed by atoms with Crippen molar-refractivity contribution in [3.63, 3.8) is 0 Å². The van der Waals surface area contributed by atoms with Crippen LogP contribution >= 0.6 is 0 Å². The third kappa shape index (κ3) is 3.41. The van der Waals surface area contributed by atoms with E-state index in [1.807, 2.05) is 13.0 Å². The van der Waals surface area contributed by atoms with Crippen LogP contribution in [0.3, 0.4) is 0 Å². The first kappa shape index (κ1) is 13.7. The zero-order chi connectivity index (χ0) is 13.7. The molecule has 0 radical (unpaired) electrons. The van der Waals surface area contributed by atoms with Crippen molar-refractivity contribution in [3.05, 3.63) is 59.6 Å². The molecular weight excluding hydrogens is 248 g/mol. The first-order valence-electron chi connectivity index (χ1n) is 6.40. The summed E-state index contributed by atoms with van der Waals surface area (Å²) < 4.78 is 32.4. The lowest BCUT2D eigenvalue weighted by Crippen LogP contribution is -2.24. The third-order valence-electron chi connectivity index (χ3n) is 3.06. The topological polar surface area (TPSA) is 25.2 Å². The molecule has 0 amide bonds. The van der Waals surface area contributed by atoms with Gasteiger partial charge < -0.3 is 9.73 Å². The second-order valence-corrected chi connectivity index (χ2v) is 4.47. The summed E-state index contributed by atoms with van der Waals surface area (Å²) in [5.41, 5.74) is 1.01. The highest BCUT2D eigenvalue weighted by molar-refractivity contribution is 5.23. The summed E-state index contributed by atoms with van der Waals surface area (Å²) in [6.07, 6.45) is 4.38. The second kappa shape index (κ2) is 6.48. The fourth-order valence-electron chi connectivity index (χ4n) is 2.03. The van der Waals surface area contributed by atoms with E-state index in [4.69, 9.17) is 4.42 Å². The highest BCUT2D eigenvalue weighted by atomic mass is 19.1. The van der Waals surface area contributed by atoms with Crippen LogP contribution in [0.4, 0.5) is 8.78 Å². The highest BCUT2D eigenvalue weighted by Crippen LogP contribution is 2.22. The Bertz CT molecular complexity index is 491. The number of rotatable bonds is 6. The second-order valence-electron chi connectivity index (χ2n) is 4.47. The first-order valence-corrected chi connectivity index (χ1v) is 6.40. The summed E-state index contributed by atoms with van der Waals surface area (Å²) in [6.45, 7) is 2.83. The molecule has 0 aliphatic rings. The average Bonchev–Trinajstić information content (AvgIpc) is 2.91. The molecule has 1 heterocycles. The van der Waals surface area contributed by atoms with E-state index in [0.717, 1.165) is 18.5 Å². The molecule has 1 aromatic carbocycles. The molecule has 1 aromatic heterocycles. The minimum atomic E-state index is -0.508. The number of hydrogen-bond acceptors (Lipinski definition) is 2. The molecule has 1 unspecified atom stereocenters.